The van der Waals surface area contributed by atoms with E-state index in [9.17, 15) is 46.0 Å². The molecule has 17 nitrogen and oxygen atoms in total. The molecule has 5 saturated heterocycles. The first-order valence-corrected chi connectivity index (χ1v) is 22.9. The fourth-order valence-corrected chi connectivity index (χ4v) is 13.8. The second kappa shape index (κ2) is 16.7. The van der Waals surface area contributed by atoms with Crippen LogP contribution in [0.25, 0.3) is 0 Å². The van der Waals surface area contributed by atoms with Crippen LogP contribution in [0, 0.1) is 46.3 Å². The second-order valence-electron chi connectivity index (χ2n) is 20.7. The van der Waals surface area contributed by atoms with Gasteiger partial charge < -0.3 is 83.9 Å². The summed E-state index contributed by atoms with van der Waals surface area (Å²) in [4.78, 5) is 0. The van der Waals surface area contributed by atoms with Crippen molar-refractivity contribution in [2.24, 2.45) is 46.3 Å². The quantitative estimate of drug-likeness (QED) is 0.151. The van der Waals surface area contributed by atoms with Crippen LogP contribution in [0.3, 0.4) is 0 Å². The lowest BCUT2D eigenvalue weighted by molar-refractivity contribution is -0.393. The third kappa shape index (κ3) is 7.32. The van der Waals surface area contributed by atoms with Crippen LogP contribution in [-0.4, -0.2) is 176 Å². The van der Waals surface area contributed by atoms with Crippen molar-refractivity contribution in [1.29, 1.82) is 0 Å². The van der Waals surface area contributed by atoms with Crippen LogP contribution >= 0.6 is 0 Å². The molecular formula is C44H70O17. The first-order valence-electron chi connectivity index (χ1n) is 22.9. The Morgan fingerprint density at radius 3 is 2.20 bits per heavy atom. The average molecular weight is 871 g/mol. The Bertz CT molecular complexity index is 1590. The molecule has 0 radical (unpaired) electrons. The first-order chi connectivity index (χ1) is 28.9. The maximum atomic E-state index is 11.7. The number of fused-ring (bicyclic) bond motifs is 7. The molecule has 8 fully saturated rings. The van der Waals surface area contributed by atoms with Gasteiger partial charge in [-0.2, -0.15) is 0 Å². The Hall–Kier alpha value is -0.940. The monoisotopic (exact) mass is 870 g/mol. The fraction of sp³-hybridized carbons (Fsp3) is 0.955. The molecule has 5 aliphatic heterocycles. The SMILES string of the molecule is C[C@@H]1CC[C@@]2(OC1)O[C@H]1C[C@H]3[C@@H]4CC=C5C[C@@H](O)C[C@@H](O[C@@H]6O[C@H](CO)[C@@H](O)[C@H](O[C@@H]7OC[C@@H](O)[C@H](O)[C@H]7O)[C@H]6O[C@@H]6O[C@@H](C)[C@H](O)[C@@H](O)[C@H]6O)[C@]5(C)[C@H]4CC[C@]3(C)[C@H]1[C@@H]2C. The van der Waals surface area contributed by atoms with Gasteiger partial charge in [0.2, 0.25) is 0 Å². The van der Waals surface area contributed by atoms with Crippen molar-refractivity contribution in [3.8, 4) is 0 Å². The van der Waals surface area contributed by atoms with E-state index < -0.39 is 123 Å². The van der Waals surface area contributed by atoms with Gasteiger partial charge in [-0.3, -0.25) is 0 Å². The van der Waals surface area contributed by atoms with Gasteiger partial charge in [-0.05, 0) is 80.5 Å². The maximum absolute atomic E-state index is 11.7. The van der Waals surface area contributed by atoms with Crippen LogP contribution in [0.15, 0.2) is 11.6 Å². The predicted octanol–water partition coefficient (Wildman–Crippen LogP) is -0.176. The molecule has 1 spiro atoms. The molecule has 348 valence electrons. The molecule has 9 N–H and O–H groups in total. The Labute approximate surface area is 357 Å². The summed E-state index contributed by atoms with van der Waals surface area (Å²) in [7, 11) is 0. The largest absolute Gasteiger partial charge is 0.394 e. The van der Waals surface area contributed by atoms with E-state index in [0.29, 0.717) is 30.1 Å². The molecule has 4 aliphatic carbocycles. The summed E-state index contributed by atoms with van der Waals surface area (Å²) >= 11 is 0. The topological polar surface area (TPSA) is 256 Å². The summed E-state index contributed by atoms with van der Waals surface area (Å²) in [5.74, 6) is 1.47. The van der Waals surface area contributed by atoms with E-state index in [1.54, 1.807) is 0 Å². The van der Waals surface area contributed by atoms with E-state index in [2.05, 4.69) is 33.8 Å². The highest BCUT2D eigenvalue weighted by Crippen LogP contribution is 2.71. The summed E-state index contributed by atoms with van der Waals surface area (Å²) < 4.78 is 50.8. The number of allylic oxidation sites excluding steroid dienone is 1. The molecule has 9 rings (SSSR count). The highest BCUT2D eigenvalue weighted by molar-refractivity contribution is 5.29. The summed E-state index contributed by atoms with van der Waals surface area (Å²) in [5.41, 5.74) is 0.542. The molecule has 0 aromatic rings. The van der Waals surface area contributed by atoms with E-state index in [0.717, 1.165) is 50.7 Å². The minimum atomic E-state index is -1.77. The molecule has 17 heteroatoms. The molecule has 9 aliphatic rings. The van der Waals surface area contributed by atoms with E-state index >= 15 is 0 Å². The highest BCUT2D eigenvalue weighted by atomic mass is 16.8. The van der Waals surface area contributed by atoms with E-state index in [1.165, 1.54) is 6.92 Å². The Morgan fingerprint density at radius 1 is 0.738 bits per heavy atom. The van der Waals surface area contributed by atoms with Crippen LogP contribution in [0.2, 0.25) is 0 Å². The molecule has 0 aromatic heterocycles. The fourth-order valence-electron chi connectivity index (χ4n) is 13.8. The maximum Gasteiger partial charge on any atom is 0.187 e. The summed E-state index contributed by atoms with van der Waals surface area (Å²) in [6, 6.07) is 0. The third-order valence-corrected chi connectivity index (χ3v) is 17.4. The summed E-state index contributed by atoms with van der Waals surface area (Å²) in [6.07, 6.45) is -14.0. The van der Waals surface area contributed by atoms with E-state index in [-0.39, 0.29) is 29.8 Å². The number of hydrogen-bond acceptors (Lipinski definition) is 17. The number of aliphatic hydroxyl groups excluding tert-OH is 9. The number of hydrogen-bond donors (Lipinski definition) is 9. The molecule has 0 unspecified atom stereocenters. The number of ether oxygens (including phenoxy) is 8. The average Bonchev–Trinajstić information content (AvgIpc) is 3.68. The lowest BCUT2D eigenvalue weighted by Crippen LogP contribution is -2.67. The normalized spacial score (nSPS) is 58.4. The van der Waals surface area contributed by atoms with Crippen molar-refractivity contribution in [2.75, 3.05) is 19.8 Å². The van der Waals surface area contributed by atoms with Crippen LogP contribution in [0.5, 0.6) is 0 Å². The Kier molecular flexibility index (Phi) is 12.4. The number of rotatable bonds is 7. The van der Waals surface area contributed by atoms with Crippen LogP contribution < -0.4 is 0 Å². The van der Waals surface area contributed by atoms with Crippen molar-refractivity contribution in [3.63, 3.8) is 0 Å². The van der Waals surface area contributed by atoms with Gasteiger partial charge in [0.05, 0.1) is 44.2 Å². The molecule has 26 atom stereocenters. The van der Waals surface area contributed by atoms with Crippen LogP contribution in [-0.2, 0) is 37.9 Å². The summed E-state index contributed by atoms with van der Waals surface area (Å²) in [6.45, 7) is 10.3. The zero-order valence-corrected chi connectivity index (χ0v) is 35.9. The van der Waals surface area contributed by atoms with Gasteiger partial charge in [-0.25, -0.2) is 0 Å². The minimum absolute atomic E-state index is 0.0410. The van der Waals surface area contributed by atoms with Crippen molar-refractivity contribution in [1.82, 2.24) is 0 Å². The minimum Gasteiger partial charge on any atom is -0.394 e. The summed E-state index contributed by atoms with van der Waals surface area (Å²) in [5, 5.41) is 97.4. The smallest absolute Gasteiger partial charge is 0.187 e. The lowest BCUT2D eigenvalue weighted by atomic mass is 9.46. The van der Waals surface area contributed by atoms with Gasteiger partial charge >= 0.3 is 0 Å². The molecule has 0 aromatic carbocycles. The molecule has 61 heavy (non-hydrogen) atoms. The van der Waals surface area contributed by atoms with Gasteiger partial charge in [0.1, 0.15) is 61.0 Å². The Balaban J connectivity index is 1.02. The van der Waals surface area contributed by atoms with Crippen LogP contribution in [0.4, 0.5) is 0 Å². The van der Waals surface area contributed by atoms with Gasteiger partial charge in [0.25, 0.3) is 0 Å². The first kappa shape index (κ1) is 45.2. The third-order valence-electron chi connectivity index (χ3n) is 17.4. The van der Waals surface area contributed by atoms with Gasteiger partial charge in [0.15, 0.2) is 24.7 Å². The lowest BCUT2D eigenvalue weighted by Gasteiger charge is -2.61. The van der Waals surface area contributed by atoms with Crippen molar-refractivity contribution in [2.45, 2.75) is 196 Å². The molecular weight excluding hydrogens is 800 g/mol. The Morgan fingerprint density at radius 2 is 1.48 bits per heavy atom. The number of aliphatic hydroxyl groups is 9. The molecule has 3 saturated carbocycles. The molecule has 0 bridgehead atoms. The van der Waals surface area contributed by atoms with Gasteiger partial charge in [-0.1, -0.05) is 39.3 Å². The van der Waals surface area contributed by atoms with E-state index in [4.69, 9.17) is 37.9 Å². The molecule has 0 amide bonds. The van der Waals surface area contributed by atoms with E-state index in [1.807, 2.05) is 0 Å². The second-order valence-corrected chi connectivity index (χ2v) is 20.7. The predicted molar refractivity (Wildman–Crippen MR) is 210 cm³/mol. The van der Waals surface area contributed by atoms with Crippen molar-refractivity contribution in [3.05, 3.63) is 11.6 Å². The van der Waals surface area contributed by atoms with Crippen molar-refractivity contribution >= 4 is 0 Å². The zero-order valence-electron chi connectivity index (χ0n) is 35.9. The highest BCUT2D eigenvalue weighted by Gasteiger charge is 2.70. The van der Waals surface area contributed by atoms with Crippen LogP contribution in [0.1, 0.15) is 86.0 Å². The zero-order chi connectivity index (χ0) is 43.5. The standard InChI is InChI=1S/C44H70O17/c1-18-8-11-44(55-16-18)19(2)30-27(61-44)14-25-23-7-6-21-12-22(46)13-29(43(21,5)24(23)9-10-42(25,30)4)58-41-38(60-40-36(53)34(51)31(48)20(3)56-40)37(33(50)28(15-45)57-41)59-39-35(52)32(49)26(47)17-54-39/h6,18-20,22-41,45-53H,7-17H2,1-5H3/t18-,19+,20+,22-,23-,24+,25+,26-,27+,28-,29-,30+,31+,32+,33-,34-,35-,36-,37+,38-,39+,40+,41+,42+,43+,44-/m1/s1. The van der Waals surface area contributed by atoms with Gasteiger partial charge in [0, 0.05) is 24.2 Å². The van der Waals surface area contributed by atoms with Crippen molar-refractivity contribution < 1.29 is 83.9 Å². The van der Waals surface area contributed by atoms with Gasteiger partial charge in [-0.15, -0.1) is 0 Å². The molecule has 5 heterocycles.